The van der Waals surface area contributed by atoms with Crippen LogP contribution in [-0.2, 0) is 16.0 Å². The summed E-state index contributed by atoms with van der Waals surface area (Å²) in [7, 11) is 0. The van der Waals surface area contributed by atoms with Gasteiger partial charge in [-0.05, 0) is 37.1 Å². The molecular formula is C11H14FNO2. The van der Waals surface area contributed by atoms with Crippen LogP contribution in [0.4, 0.5) is 10.1 Å². The van der Waals surface area contributed by atoms with Crippen LogP contribution in [-0.4, -0.2) is 12.6 Å². The highest BCUT2D eigenvalue weighted by Gasteiger charge is 2.04. The molecule has 0 aliphatic carbocycles. The molecular weight excluding hydrogens is 197 g/mol. The molecule has 0 aromatic heterocycles. The lowest BCUT2D eigenvalue weighted by Gasteiger charge is -2.03. The molecule has 0 atom stereocenters. The van der Waals surface area contributed by atoms with Crippen molar-refractivity contribution in [2.45, 2.75) is 19.8 Å². The number of ether oxygens (including phenoxy) is 1. The monoisotopic (exact) mass is 211 g/mol. The SMILES string of the molecule is CCOC(=O)CCc1cc(N)cc(F)c1. The molecule has 0 amide bonds. The van der Waals surface area contributed by atoms with E-state index in [-0.39, 0.29) is 18.2 Å². The lowest BCUT2D eigenvalue weighted by Crippen LogP contribution is -2.05. The largest absolute Gasteiger partial charge is 0.466 e. The minimum absolute atomic E-state index is 0.247. The molecule has 0 bridgehead atoms. The third-order valence-electron chi connectivity index (χ3n) is 1.90. The first-order valence-electron chi connectivity index (χ1n) is 4.82. The Morgan fingerprint density at radius 1 is 1.47 bits per heavy atom. The van der Waals surface area contributed by atoms with E-state index in [1.807, 2.05) is 0 Å². The van der Waals surface area contributed by atoms with Crippen molar-refractivity contribution in [3.63, 3.8) is 0 Å². The van der Waals surface area contributed by atoms with Crippen LogP contribution in [0.15, 0.2) is 18.2 Å². The van der Waals surface area contributed by atoms with Crippen molar-refractivity contribution in [3.05, 3.63) is 29.6 Å². The highest BCUT2D eigenvalue weighted by Crippen LogP contribution is 2.12. The number of nitrogen functional groups attached to an aromatic ring is 1. The number of benzene rings is 1. The van der Waals surface area contributed by atoms with Crippen molar-refractivity contribution >= 4 is 11.7 Å². The Labute approximate surface area is 88.0 Å². The van der Waals surface area contributed by atoms with Gasteiger partial charge < -0.3 is 10.5 Å². The zero-order valence-corrected chi connectivity index (χ0v) is 8.63. The fourth-order valence-electron chi connectivity index (χ4n) is 1.30. The van der Waals surface area contributed by atoms with Crippen LogP contribution in [0.5, 0.6) is 0 Å². The Morgan fingerprint density at radius 3 is 2.80 bits per heavy atom. The number of rotatable bonds is 4. The van der Waals surface area contributed by atoms with Gasteiger partial charge in [0, 0.05) is 12.1 Å². The molecule has 4 heteroatoms. The lowest BCUT2D eigenvalue weighted by atomic mass is 10.1. The molecule has 0 saturated carbocycles. The molecule has 0 radical (unpaired) electrons. The summed E-state index contributed by atoms with van der Waals surface area (Å²) in [6.07, 6.45) is 0.692. The molecule has 3 nitrogen and oxygen atoms in total. The number of carbonyl (C=O) groups is 1. The van der Waals surface area contributed by atoms with Crippen LogP contribution in [0, 0.1) is 5.82 Å². The first-order chi connectivity index (χ1) is 7.11. The quantitative estimate of drug-likeness (QED) is 0.611. The van der Waals surface area contributed by atoms with Crippen molar-refractivity contribution in [3.8, 4) is 0 Å². The van der Waals surface area contributed by atoms with E-state index >= 15 is 0 Å². The fourth-order valence-corrected chi connectivity index (χ4v) is 1.30. The molecule has 15 heavy (non-hydrogen) atoms. The summed E-state index contributed by atoms with van der Waals surface area (Å²) < 4.78 is 17.7. The highest BCUT2D eigenvalue weighted by molar-refractivity contribution is 5.69. The van der Waals surface area contributed by atoms with Gasteiger partial charge in [-0.1, -0.05) is 0 Å². The first kappa shape index (κ1) is 11.5. The van der Waals surface area contributed by atoms with E-state index in [4.69, 9.17) is 10.5 Å². The fraction of sp³-hybridized carbons (Fsp3) is 0.364. The van der Waals surface area contributed by atoms with Crippen molar-refractivity contribution in [1.29, 1.82) is 0 Å². The van der Waals surface area contributed by atoms with Gasteiger partial charge in [-0.3, -0.25) is 4.79 Å². The number of esters is 1. The third kappa shape index (κ3) is 3.97. The molecule has 0 saturated heterocycles. The molecule has 0 unspecified atom stereocenters. The predicted octanol–water partition coefficient (Wildman–Crippen LogP) is 1.90. The van der Waals surface area contributed by atoms with Crippen LogP contribution >= 0.6 is 0 Å². The van der Waals surface area contributed by atoms with Crippen LogP contribution < -0.4 is 5.73 Å². The average molecular weight is 211 g/mol. The molecule has 82 valence electrons. The molecule has 0 aliphatic rings. The third-order valence-corrected chi connectivity index (χ3v) is 1.90. The number of anilines is 1. The summed E-state index contributed by atoms with van der Waals surface area (Å²) in [5.41, 5.74) is 6.55. The minimum atomic E-state index is -0.381. The van der Waals surface area contributed by atoms with Crippen LogP contribution in [0.1, 0.15) is 18.9 Å². The standard InChI is InChI=1S/C11H14FNO2/c1-2-15-11(14)4-3-8-5-9(12)7-10(13)6-8/h5-7H,2-4,13H2,1H3. The van der Waals surface area contributed by atoms with Crippen LogP contribution in [0.3, 0.4) is 0 Å². The molecule has 1 aromatic carbocycles. The van der Waals surface area contributed by atoms with E-state index in [1.54, 1.807) is 13.0 Å². The van der Waals surface area contributed by atoms with Gasteiger partial charge in [0.1, 0.15) is 5.82 Å². The van der Waals surface area contributed by atoms with Crippen molar-refractivity contribution in [2.24, 2.45) is 0 Å². The van der Waals surface area contributed by atoms with Crippen LogP contribution in [0.25, 0.3) is 0 Å². The van der Waals surface area contributed by atoms with Crippen molar-refractivity contribution in [2.75, 3.05) is 12.3 Å². The van der Waals surface area contributed by atoms with Gasteiger partial charge in [-0.25, -0.2) is 4.39 Å². The number of aryl methyl sites for hydroxylation is 1. The normalized spacial score (nSPS) is 10.0. The number of nitrogens with two attached hydrogens (primary N) is 1. The van der Waals surface area contributed by atoms with Crippen molar-refractivity contribution in [1.82, 2.24) is 0 Å². The summed E-state index contributed by atoms with van der Waals surface area (Å²) in [5.74, 6) is -0.658. The van der Waals surface area contributed by atoms with E-state index in [0.717, 1.165) is 0 Å². The van der Waals surface area contributed by atoms with Gasteiger partial charge in [-0.2, -0.15) is 0 Å². The summed E-state index contributed by atoms with van der Waals surface area (Å²) in [6.45, 7) is 2.11. The molecule has 0 spiro atoms. The van der Waals surface area contributed by atoms with E-state index in [1.165, 1.54) is 12.1 Å². The lowest BCUT2D eigenvalue weighted by molar-refractivity contribution is -0.143. The van der Waals surface area contributed by atoms with Gasteiger partial charge in [0.15, 0.2) is 0 Å². The first-order valence-corrected chi connectivity index (χ1v) is 4.82. The predicted molar refractivity (Wildman–Crippen MR) is 55.8 cm³/mol. The molecule has 0 fully saturated rings. The Hall–Kier alpha value is -1.58. The van der Waals surface area contributed by atoms with E-state index in [9.17, 15) is 9.18 Å². The van der Waals surface area contributed by atoms with Gasteiger partial charge in [0.05, 0.1) is 6.61 Å². The maximum Gasteiger partial charge on any atom is 0.306 e. The van der Waals surface area contributed by atoms with E-state index in [2.05, 4.69) is 0 Å². The maximum absolute atomic E-state index is 12.9. The second kappa shape index (κ2) is 5.34. The van der Waals surface area contributed by atoms with Crippen molar-refractivity contribution < 1.29 is 13.9 Å². The topological polar surface area (TPSA) is 52.3 Å². The highest BCUT2D eigenvalue weighted by atomic mass is 19.1. The Balaban J connectivity index is 2.54. The summed E-state index contributed by atoms with van der Waals surface area (Å²) in [6, 6.07) is 4.27. The molecule has 2 N–H and O–H groups in total. The number of hydrogen-bond acceptors (Lipinski definition) is 3. The minimum Gasteiger partial charge on any atom is -0.466 e. The van der Waals surface area contributed by atoms with Gasteiger partial charge >= 0.3 is 5.97 Å². The number of halogens is 1. The second-order valence-electron chi connectivity index (χ2n) is 3.20. The zero-order valence-electron chi connectivity index (χ0n) is 8.63. The van der Waals surface area contributed by atoms with Gasteiger partial charge in [0.25, 0.3) is 0 Å². The summed E-state index contributed by atoms with van der Waals surface area (Å²) in [5, 5.41) is 0. The van der Waals surface area contributed by atoms with E-state index < -0.39 is 0 Å². The number of hydrogen-bond donors (Lipinski definition) is 1. The molecule has 0 aliphatic heterocycles. The summed E-state index contributed by atoms with van der Waals surface area (Å²) in [4.78, 5) is 11.0. The van der Waals surface area contributed by atoms with Gasteiger partial charge in [-0.15, -0.1) is 0 Å². The number of carbonyl (C=O) groups excluding carboxylic acids is 1. The molecule has 1 rings (SSSR count). The molecule has 1 aromatic rings. The van der Waals surface area contributed by atoms with Gasteiger partial charge in [0.2, 0.25) is 0 Å². The molecule has 0 heterocycles. The maximum atomic E-state index is 12.9. The Kier molecular flexibility index (Phi) is 4.09. The Bertz CT molecular complexity index is 332. The van der Waals surface area contributed by atoms with E-state index in [0.29, 0.717) is 24.3 Å². The van der Waals surface area contributed by atoms with Crippen LogP contribution in [0.2, 0.25) is 0 Å². The Morgan fingerprint density at radius 2 is 2.20 bits per heavy atom. The summed E-state index contributed by atoms with van der Waals surface area (Å²) >= 11 is 0. The smallest absolute Gasteiger partial charge is 0.306 e. The zero-order chi connectivity index (χ0) is 11.3. The average Bonchev–Trinajstić information content (AvgIpc) is 2.14. The second-order valence-corrected chi connectivity index (χ2v) is 3.20.